The summed E-state index contributed by atoms with van der Waals surface area (Å²) in [5, 5.41) is 11.8. The van der Waals surface area contributed by atoms with Crippen LogP contribution in [0.3, 0.4) is 0 Å². The molecule has 0 bridgehead atoms. The van der Waals surface area contributed by atoms with Gasteiger partial charge in [-0.1, -0.05) is 30.3 Å². The highest BCUT2D eigenvalue weighted by Gasteiger charge is 2.18. The van der Waals surface area contributed by atoms with E-state index < -0.39 is 12.0 Å². The van der Waals surface area contributed by atoms with Crippen molar-refractivity contribution in [1.82, 2.24) is 5.32 Å². The van der Waals surface area contributed by atoms with Gasteiger partial charge in [0.05, 0.1) is 18.9 Å². The topological polar surface area (TPSA) is 66.4 Å². The van der Waals surface area contributed by atoms with Gasteiger partial charge in [0.1, 0.15) is 0 Å². The Morgan fingerprint density at radius 3 is 2.48 bits per heavy atom. The summed E-state index contributed by atoms with van der Waals surface area (Å²) in [6.07, 6.45) is 0.153. The quantitative estimate of drug-likeness (QED) is 0.862. The predicted octanol–water partition coefficient (Wildman–Crippen LogP) is 2.93. The van der Waals surface area contributed by atoms with Crippen LogP contribution in [0.25, 0.3) is 0 Å². The molecule has 0 radical (unpaired) electrons. The van der Waals surface area contributed by atoms with E-state index in [2.05, 4.69) is 5.32 Å². The third-order valence-electron chi connectivity index (χ3n) is 3.05. The zero-order chi connectivity index (χ0) is 15.2. The lowest BCUT2D eigenvalue weighted by Gasteiger charge is -2.17. The van der Waals surface area contributed by atoms with Crippen molar-refractivity contribution in [3.8, 4) is 0 Å². The van der Waals surface area contributed by atoms with Crippen LogP contribution >= 0.6 is 11.3 Å². The SMILES string of the molecule is Cc1ccc(CC(=O)NC(CC(=O)O)c2ccccc2)s1. The summed E-state index contributed by atoms with van der Waals surface area (Å²) in [5.74, 6) is -1.09. The van der Waals surface area contributed by atoms with Gasteiger partial charge in [-0.2, -0.15) is 0 Å². The van der Waals surface area contributed by atoms with Gasteiger partial charge in [-0.3, -0.25) is 9.59 Å². The minimum atomic E-state index is -0.934. The van der Waals surface area contributed by atoms with Crippen LogP contribution in [0.1, 0.15) is 27.8 Å². The molecule has 1 heterocycles. The summed E-state index contributed by atoms with van der Waals surface area (Å²) >= 11 is 1.58. The summed E-state index contributed by atoms with van der Waals surface area (Å²) < 4.78 is 0. The van der Waals surface area contributed by atoms with E-state index in [4.69, 9.17) is 5.11 Å². The Bertz CT molecular complexity index is 621. The lowest BCUT2D eigenvalue weighted by atomic mass is 10.0. The molecule has 0 saturated carbocycles. The number of carbonyl (C=O) groups is 2. The smallest absolute Gasteiger partial charge is 0.305 e. The monoisotopic (exact) mass is 303 g/mol. The normalized spacial score (nSPS) is 11.9. The summed E-state index contributed by atoms with van der Waals surface area (Å²) in [7, 11) is 0. The van der Waals surface area contributed by atoms with E-state index in [9.17, 15) is 9.59 Å². The van der Waals surface area contributed by atoms with Crippen LogP contribution < -0.4 is 5.32 Å². The fourth-order valence-electron chi connectivity index (χ4n) is 2.10. The van der Waals surface area contributed by atoms with E-state index in [-0.39, 0.29) is 18.7 Å². The maximum absolute atomic E-state index is 12.1. The number of aliphatic carboxylic acids is 1. The molecule has 2 N–H and O–H groups in total. The number of thiophene rings is 1. The highest BCUT2D eigenvalue weighted by Crippen LogP contribution is 2.19. The first-order valence-corrected chi connectivity index (χ1v) is 7.47. The number of carboxylic acid groups (broad SMARTS) is 1. The first-order valence-electron chi connectivity index (χ1n) is 6.66. The van der Waals surface area contributed by atoms with Gasteiger partial charge in [-0.05, 0) is 24.6 Å². The molecule has 1 atom stereocenters. The molecule has 1 unspecified atom stereocenters. The third kappa shape index (κ3) is 4.72. The van der Waals surface area contributed by atoms with Gasteiger partial charge in [0.2, 0.25) is 5.91 Å². The van der Waals surface area contributed by atoms with E-state index in [1.165, 1.54) is 0 Å². The minimum Gasteiger partial charge on any atom is -0.481 e. The number of aryl methyl sites for hydroxylation is 1. The van der Waals surface area contributed by atoms with E-state index in [0.29, 0.717) is 0 Å². The molecule has 1 aromatic carbocycles. The first-order chi connectivity index (χ1) is 10.0. The minimum absolute atomic E-state index is 0.126. The van der Waals surface area contributed by atoms with Crippen LogP contribution in [0.15, 0.2) is 42.5 Å². The van der Waals surface area contributed by atoms with Crippen LogP contribution in [-0.2, 0) is 16.0 Å². The van der Waals surface area contributed by atoms with Gasteiger partial charge in [0.15, 0.2) is 0 Å². The molecule has 5 heteroatoms. The van der Waals surface area contributed by atoms with Crippen LogP contribution in [0.2, 0.25) is 0 Å². The molecule has 1 amide bonds. The first kappa shape index (κ1) is 15.3. The summed E-state index contributed by atoms with van der Waals surface area (Å²) in [5.41, 5.74) is 0.801. The fourth-order valence-corrected chi connectivity index (χ4v) is 2.98. The molecule has 0 spiro atoms. The number of rotatable bonds is 6. The zero-order valence-electron chi connectivity index (χ0n) is 11.7. The van der Waals surface area contributed by atoms with Gasteiger partial charge >= 0.3 is 5.97 Å². The fraction of sp³-hybridized carbons (Fsp3) is 0.250. The Morgan fingerprint density at radius 2 is 1.90 bits per heavy atom. The Hall–Kier alpha value is -2.14. The average Bonchev–Trinajstić information content (AvgIpc) is 2.83. The van der Waals surface area contributed by atoms with Crippen LogP contribution in [-0.4, -0.2) is 17.0 Å². The lowest BCUT2D eigenvalue weighted by Crippen LogP contribution is -2.31. The lowest BCUT2D eigenvalue weighted by molar-refractivity contribution is -0.137. The van der Waals surface area contributed by atoms with Crippen molar-refractivity contribution in [2.24, 2.45) is 0 Å². The maximum atomic E-state index is 12.1. The van der Waals surface area contributed by atoms with Crippen LogP contribution in [0.5, 0.6) is 0 Å². The van der Waals surface area contributed by atoms with Crippen molar-refractivity contribution in [3.05, 3.63) is 57.8 Å². The summed E-state index contributed by atoms with van der Waals surface area (Å²) in [6, 6.07) is 12.6. The van der Waals surface area contributed by atoms with E-state index >= 15 is 0 Å². The van der Waals surface area contributed by atoms with Gasteiger partial charge in [-0.15, -0.1) is 11.3 Å². The molecule has 0 aliphatic heterocycles. The van der Waals surface area contributed by atoms with E-state index in [0.717, 1.165) is 15.3 Å². The Labute approximate surface area is 127 Å². The van der Waals surface area contributed by atoms with Crippen LogP contribution in [0, 0.1) is 6.92 Å². The largest absolute Gasteiger partial charge is 0.481 e. The molecular weight excluding hydrogens is 286 g/mol. The molecule has 0 saturated heterocycles. The molecule has 2 aromatic rings. The standard InChI is InChI=1S/C16H17NO3S/c1-11-7-8-13(21-11)9-15(18)17-14(10-16(19)20)12-5-3-2-4-6-12/h2-8,14H,9-10H2,1H3,(H,17,18)(H,19,20). The summed E-state index contributed by atoms with van der Waals surface area (Å²) in [4.78, 5) is 25.2. The molecule has 21 heavy (non-hydrogen) atoms. The second-order valence-electron chi connectivity index (χ2n) is 4.82. The van der Waals surface area contributed by atoms with Crippen LogP contribution in [0.4, 0.5) is 0 Å². The van der Waals surface area contributed by atoms with Crippen molar-refractivity contribution in [3.63, 3.8) is 0 Å². The number of hydrogen-bond acceptors (Lipinski definition) is 3. The van der Waals surface area contributed by atoms with Crippen molar-refractivity contribution in [2.45, 2.75) is 25.8 Å². The number of nitrogens with one attached hydrogen (secondary N) is 1. The number of hydrogen-bond donors (Lipinski definition) is 2. The molecule has 110 valence electrons. The molecule has 0 aliphatic carbocycles. The Balaban J connectivity index is 2.04. The Morgan fingerprint density at radius 1 is 1.19 bits per heavy atom. The predicted molar refractivity (Wildman–Crippen MR) is 82.3 cm³/mol. The van der Waals surface area contributed by atoms with E-state index in [1.807, 2.05) is 49.4 Å². The van der Waals surface area contributed by atoms with Gasteiger partial charge in [0, 0.05) is 9.75 Å². The maximum Gasteiger partial charge on any atom is 0.305 e. The van der Waals surface area contributed by atoms with Crippen molar-refractivity contribution < 1.29 is 14.7 Å². The van der Waals surface area contributed by atoms with Crippen molar-refractivity contribution >= 4 is 23.2 Å². The van der Waals surface area contributed by atoms with Gasteiger partial charge in [0.25, 0.3) is 0 Å². The second-order valence-corrected chi connectivity index (χ2v) is 6.19. The molecule has 2 rings (SSSR count). The zero-order valence-corrected chi connectivity index (χ0v) is 12.5. The Kier molecular flexibility index (Phi) is 5.11. The molecular formula is C16H17NO3S. The molecule has 0 fully saturated rings. The number of amides is 1. The van der Waals surface area contributed by atoms with Crippen molar-refractivity contribution in [1.29, 1.82) is 0 Å². The second kappa shape index (κ2) is 7.04. The van der Waals surface area contributed by atoms with Crippen molar-refractivity contribution in [2.75, 3.05) is 0 Å². The molecule has 4 nitrogen and oxygen atoms in total. The van der Waals surface area contributed by atoms with Gasteiger partial charge < -0.3 is 10.4 Å². The highest BCUT2D eigenvalue weighted by molar-refractivity contribution is 7.12. The molecule has 1 aromatic heterocycles. The highest BCUT2D eigenvalue weighted by atomic mass is 32.1. The average molecular weight is 303 g/mol. The third-order valence-corrected chi connectivity index (χ3v) is 4.05. The van der Waals surface area contributed by atoms with E-state index in [1.54, 1.807) is 11.3 Å². The number of benzene rings is 1. The summed E-state index contributed by atoms with van der Waals surface area (Å²) in [6.45, 7) is 1.99. The number of carbonyl (C=O) groups excluding carboxylic acids is 1. The number of carboxylic acids is 1. The van der Waals surface area contributed by atoms with Gasteiger partial charge in [-0.25, -0.2) is 0 Å². The molecule has 0 aliphatic rings.